The summed E-state index contributed by atoms with van der Waals surface area (Å²) in [5.41, 5.74) is -2.58. The Morgan fingerprint density at radius 3 is 2.25 bits per heavy atom. The highest BCUT2D eigenvalue weighted by Gasteiger charge is 2.43. The second-order valence-electron chi connectivity index (χ2n) is 10.0. The van der Waals surface area contributed by atoms with E-state index in [2.05, 4.69) is 0 Å². The van der Waals surface area contributed by atoms with Gasteiger partial charge in [-0.1, -0.05) is 12.1 Å². The molecule has 9 nitrogen and oxygen atoms in total. The number of hydrogen-bond donors (Lipinski definition) is 0. The molecule has 1 unspecified atom stereocenters. The number of carbonyl (C=O) groups is 2. The van der Waals surface area contributed by atoms with Gasteiger partial charge in [0.25, 0.3) is 0 Å². The largest absolute Gasteiger partial charge is 0.459 e. The maximum Gasteiger partial charge on any atom is 0.416 e. The maximum absolute atomic E-state index is 13.9. The van der Waals surface area contributed by atoms with E-state index in [1.165, 1.54) is 25.1 Å². The highest BCUT2D eigenvalue weighted by atomic mass is 32.2. The average molecular weight is 575 g/mol. The SMILES string of the molecule is CC1=C(C#N)C(c2ccc(C#N)cc2S(C)(=O)=O)N(CC(=O)OC(C)(C)C)C(=O)N1c1cccc(C(F)(F)F)c1. The zero-order valence-electron chi connectivity index (χ0n) is 22.2. The molecule has 1 heterocycles. The minimum absolute atomic E-state index is 0.00481. The molecule has 3 rings (SSSR count). The minimum Gasteiger partial charge on any atom is -0.459 e. The number of benzene rings is 2. The van der Waals surface area contributed by atoms with Gasteiger partial charge in [-0.25, -0.2) is 13.2 Å². The first-order valence-electron chi connectivity index (χ1n) is 11.7. The van der Waals surface area contributed by atoms with Crippen LogP contribution in [0.1, 0.15) is 50.4 Å². The van der Waals surface area contributed by atoms with E-state index in [4.69, 9.17) is 4.74 Å². The molecule has 1 atom stereocenters. The van der Waals surface area contributed by atoms with E-state index in [1.807, 2.05) is 12.1 Å². The summed E-state index contributed by atoms with van der Waals surface area (Å²) in [5.74, 6) is -0.902. The van der Waals surface area contributed by atoms with E-state index < -0.39 is 51.8 Å². The molecule has 2 aromatic rings. The molecule has 0 saturated heterocycles. The van der Waals surface area contributed by atoms with Gasteiger partial charge in [-0.3, -0.25) is 9.69 Å². The molecule has 0 spiro atoms. The van der Waals surface area contributed by atoms with Crippen LogP contribution in [0.2, 0.25) is 0 Å². The summed E-state index contributed by atoms with van der Waals surface area (Å²) >= 11 is 0. The van der Waals surface area contributed by atoms with Crippen LogP contribution in [0.15, 0.2) is 58.6 Å². The summed E-state index contributed by atoms with van der Waals surface area (Å²) in [4.78, 5) is 28.2. The summed E-state index contributed by atoms with van der Waals surface area (Å²) in [6.45, 7) is 5.32. The fraction of sp³-hybridized carbons (Fsp3) is 0.333. The lowest BCUT2D eigenvalue weighted by Gasteiger charge is -2.42. The van der Waals surface area contributed by atoms with Gasteiger partial charge in [0.05, 0.1) is 45.5 Å². The highest BCUT2D eigenvalue weighted by Crippen LogP contribution is 2.42. The van der Waals surface area contributed by atoms with Crippen molar-refractivity contribution in [3.63, 3.8) is 0 Å². The molecule has 0 radical (unpaired) electrons. The number of allylic oxidation sites excluding steroid dienone is 1. The summed E-state index contributed by atoms with van der Waals surface area (Å²) in [5, 5.41) is 19.5. The van der Waals surface area contributed by atoms with Crippen molar-refractivity contribution in [3.8, 4) is 12.1 Å². The molecule has 1 aliphatic rings. The van der Waals surface area contributed by atoms with Gasteiger partial charge >= 0.3 is 18.2 Å². The van der Waals surface area contributed by atoms with E-state index in [0.29, 0.717) is 0 Å². The van der Waals surface area contributed by atoms with Crippen molar-refractivity contribution >= 4 is 27.5 Å². The van der Waals surface area contributed by atoms with Crippen LogP contribution in [0.4, 0.5) is 23.7 Å². The number of ether oxygens (including phenoxy) is 1. The lowest BCUT2D eigenvalue weighted by atomic mass is 9.93. The number of hydrogen-bond acceptors (Lipinski definition) is 7. The third-order valence-electron chi connectivity index (χ3n) is 5.86. The second-order valence-corrected chi connectivity index (χ2v) is 12.0. The van der Waals surface area contributed by atoms with Crippen LogP contribution >= 0.6 is 0 Å². The van der Waals surface area contributed by atoms with Crippen molar-refractivity contribution in [2.75, 3.05) is 17.7 Å². The first kappa shape index (κ1) is 30.2. The Hall–Kier alpha value is -4.36. The van der Waals surface area contributed by atoms with Gasteiger partial charge in [0.1, 0.15) is 12.1 Å². The number of urea groups is 1. The van der Waals surface area contributed by atoms with Crippen molar-refractivity contribution in [2.24, 2.45) is 0 Å². The number of nitriles is 2. The number of amides is 2. The number of esters is 1. The average Bonchev–Trinajstić information content (AvgIpc) is 2.83. The molecule has 0 fully saturated rings. The molecule has 0 N–H and O–H groups in total. The number of anilines is 1. The summed E-state index contributed by atoms with van der Waals surface area (Å²) < 4.78 is 71.2. The van der Waals surface area contributed by atoms with Crippen LogP contribution in [-0.4, -0.2) is 43.7 Å². The van der Waals surface area contributed by atoms with Crippen molar-refractivity contribution in [2.45, 2.75) is 50.4 Å². The van der Waals surface area contributed by atoms with Gasteiger partial charge in [-0.2, -0.15) is 23.7 Å². The molecular formula is C27H25F3N4O5S. The first-order valence-corrected chi connectivity index (χ1v) is 13.6. The molecule has 210 valence electrons. The Labute approximate surface area is 229 Å². The van der Waals surface area contributed by atoms with Crippen LogP contribution < -0.4 is 4.90 Å². The lowest BCUT2D eigenvalue weighted by Crippen LogP contribution is -2.52. The summed E-state index contributed by atoms with van der Waals surface area (Å²) in [6, 6.07) is 8.86. The van der Waals surface area contributed by atoms with E-state index >= 15 is 0 Å². The first-order chi connectivity index (χ1) is 18.4. The van der Waals surface area contributed by atoms with Gasteiger partial charge < -0.3 is 9.64 Å². The fourth-order valence-corrected chi connectivity index (χ4v) is 5.22. The number of sulfone groups is 1. The fourth-order valence-electron chi connectivity index (χ4n) is 4.27. The van der Waals surface area contributed by atoms with E-state index in [0.717, 1.165) is 40.3 Å². The molecule has 0 aliphatic carbocycles. The molecular weight excluding hydrogens is 549 g/mol. The number of nitrogens with zero attached hydrogens (tertiary/aromatic N) is 4. The second kappa shape index (κ2) is 10.7. The normalized spacial score (nSPS) is 16.4. The van der Waals surface area contributed by atoms with Crippen molar-refractivity contribution in [3.05, 3.63) is 70.4 Å². The summed E-state index contributed by atoms with van der Waals surface area (Å²) in [7, 11) is -4.03. The molecule has 13 heteroatoms. The Morgan fingerprint density at radius 1 is 1.07 bits per heavy atom. The van der Waals surface area contributed by atoms with Gasteiger partial charge in [0, 0.05) is 12.0 Å². The third kappa shape index (κ3) is 6.26. The molecule has 2 aromatic carbocycles. The van der Waals surface area contributed by atoms with Gasteiger partial charge in [-0.05, 0) is 63.6 Å². The smallest absolute Gasteiger partial charge is 0.416 e. The molecule has 0 bridgehead atoms. The van der Waals surface area contributed by atoms with Gasteiger partial charge in [-0.15, -0.1) is 0 Å². The maximum atomic E-state index is 13.9. The van der Waals surface area contributed by atoms with E-state index in [1.54, 1.807) is 20.8 Å². The van der Waals surface area contributed by atoms with Crippen LogP contribution in [0.5, 0.6) is 0 Å². The van der Waals surface area contributed by atoms with Crippen LogP contribution in [-0.2, 0) is 25.5 Å². The lowest BCUT2D eigenvalue weighted by molar-refractivity contribution is -0.155. The molecule has 0 aromatic heterocycles. The Kier molecular flexibility index (Phi) is 8.04. The zero-order valence-corrected chi connectivity index (χ0v) is 23.0. The topological polar surface area (TPSA) is 132 Å². The van der Waals surface area contributed by atoms with Gasteiger partial charge in [0.15, 0.2) is 9.84 Å². The van der Waals surface area contributed by atoms with Gasteiger partial charge in [0.2, 0.25) is 0 Å². The molecule has 40 heavy (non-hydrogen) atoms. The Morgan fingerprint density at radius 2 is 1.73 bits per heavy atom. The van der Waals surface area contributed by atoms with Crippen LogP contribution in [0, 0.1) is 22.7 Å². The number of alkyl halides is 3. The molecule has 0 saturated carbocycles. The van der Waals surface area contributed by atoms with E-state index in [-0.39, 0.29) is 33.0 Å². The zero-order chi connectivity index (χ0) is 30.2. The number of carbonyl (C=O) groups excluding carboxylic acids is 2. The van der Waals surface area contributed by atoms with Crippen molar-refractivity contribution < 1.29 is 35.9 Å². The number of halogens is 3. The predicted octanol–water partition coefficient (Wildman–Crippen LogP) is 5.10. The van der Waals surface area contributed by atoms with Crippen LogP contribution in [0.3, 0.4) is 0 Å². The van der Waals surface area contributed by atoms with Crippen LogP contribution in [0.25, 0.3) is 0 Å². The minimum atomic E-state index is -4.73. The monoisotopic (exact) mass is 574 g/mol. The Balaban J connectivity index is 2.33. The molecule has 1 aliphatic heterocycles. The standard InChI is InChI=1S/C27H25F3N4O5S/c1-16-21(14-32)24(20-10-9-17(13-31)11-22(20)40(5,37)38)33(15-23(35)39-26(2,3)4)25(36)34(16)19-8-6-7-18(12-19)27(28,29)30/h6-12,24H,15H2,1-5H3. The highest BCUT2D eigenvalue weighted by molar-refractivity contribution is 7.90. The van der Waals surface area contributed by atoms with E-state index in [9.17, 15) is 41.7 Å². The Bertz CT molecular complexity index is 1600. The van der Waals surface area contributed by atoms with Crippen molar-refractivity contribution in [1.82, 2.24) is 4.90 Å². The quantitative estimate of drug-likeness (QED) is 0.454. The van der Waals surface area contributed by atoms with Crippen molar-refractivity contribution in [1.29, 1.82) is 10.5 Å². The molecule has 2 amide bonds. The predicted molar refractivity (Wildman–Crippen MR) is 137 cm³/mol. The summed E-state index contributed by atoms with van der Waals surface area (Å²) in [6.07, 6.45) is -3.84. The third-order valence-corrected chi connectivity index (χ3v) is 7.01. The number of rotatable bonds is 5.